The van der Waals surface area contributed by atoms with Gasteiger partial charge in [0.15, 0.2) is 10.3 Å². The van der Waals surface area contributed by atoms with Crippen molar-refractivity contribution in [1.29, 1.82) is 5.26 Å². The first-order valence-corrected chi connectivity index (χ1v) is 4.63. The molecule has 14 heavy (non-hydrogen) atoms. The first kappa shape index (κ1) is 8.97. The van der Waals surface area contributed by atoms with Gasteiger partial charge in [-0.1, -0.05) is 0 Å². The lowest BCUT2D eigenvalue weighted by Gasteiger charge is -2.02. The first-order chi connectivity index (χ1) is 6.65. The van der Waals surface area contributed by atoms with Crippen LogP contribution in [0.4, 0.5) is 5.82 Å². The lowest BCUT2D eigenvalue weighted by Crippen LogP contribution is -2.03. The number of imidazole rings is 1. The lowest BCUT2D eigenvalue weighted by molar-refractivity contribution is 1.03. The van der Waals surface area contributed by atoms with E-state index in [0.717, 1.165) is 0 Å². The summed E-state index contributed by atoms with van der Waals surface area (Å²) in [6.45, 7) is 1.80. The Morgan fingerprint density at radius 3 is 3.00 bits per heavy atom. The second-order valence-corrected chi connectivity index (χ2v) is 3.53. The lowest BCUT2D eigenvalue weighted by atomic mass is 10.3. The standard InChI is InChI=1S/C8H6BrN5/c1-4-13-6(9)8-12-3-5(2-10)7(11)14(4)8/h3H,11H2,1H3. The summed E-state index contributed by atoms with van der Waals surface area (Å²) in [5.74, 6) is 1.07. The minimum atomic E-state index is 0.352. The minimum Gasteiger partial charge on any atom is -0.384 e. The molecule has 2 heterocycles. The Hall–Kier alpha value is -1.61. The van der Waals surface area contributed by atoms with Crippen molar-refractivity contribution in [3.05, 3.63) is 22.2 Å². The third kappa shape index (κ3) is 1.06. The monoisotopic (exact) mass is 251 g/mol. The molecule has 0 aliphatic carbocycles. The Morgan fingerprint density at radius 2 is 2.36 bits per heavy atom. The number of hydrogen-bond donors (Lipinski definition) is 1. The number of nitrogens with two attached hydrogens (primary N) is 1. The van der Waals surface area contributed by atoms with Crippen LogP contribution in [-0.2, 0) is 0 Å². The summed E-state index contributed by atoms with van der Waals surface area (Å²) in [5, 5.41) is 8.76. The summed E-state index contributed by atoms with van der Waals surface area (Å²) in [5.41, 5.74) is 6.76. The minimum absolute atomic E-state index is 0.352. The molecule has 0 amide bonds. The summed E-state index contributed by atoms with van der Waals surface area (Å²) in [4.78, 5) is 8.24. The van der Waals surface area contributed by atoms with Gasteiger partial charge in [0.2, 0.25) is 0 Å². The molecule has 0 saturated heterocycles. The fourth-order valence-corrected chi connectivity index (χ4v) is 1.82. The van der Waals surface area contributed by atoms with Crippen LogP contribution in [0.1, 0.15) is 11.4 Å². The van der Waals surface area contributed by atoms with Gasteiger partial charge < -0.3 is 5.73 Å². The molecule has 0 aliphatic heterocycles. The zero-order chi connectivity index (χ0) is 10.3. The zero-order valence-electron chi connectivity index (χ0n) is 7.32. The van der Waals surface area contributed by atoms with Crippen molar-refractivity contribution in [2.24, 2.45) is 0 Å². The molecule has 0 unspecified atom stereocenters. The van der Waals surface area contributed by atoms with Gasteiger partial charge in [-0.25, -0.2) is 9.97 Å². The third-order valence-corrected chi connectivity index (χ3v) is 2.47. The Bertz CT molecular complexity index is 551. The van der Waals surface area contributed by atoms with E-state index in [0.29, 0.717) is 27.5 Å². The number of hydrogen-bond acceptors (Lipinski definition) is 4. The molecule has 2 aromatic rings. The van der Waals surface area contributed by atoms with Crippen LogP contribution < -0.4 is 5.73 Å². The highest BCUT2D eigenvalue weighted by atomic mass is 79.9. The molecule has 0 spiro atoms. The number of nitriles is 1. The van der Waals surface area contributed by atoms with Crippen LogP contribution in [0.5, 0.6) is 0 Å². The van der Waals surface area contributed by atoms with E-state index in [4.69, 9.17) is 11.0 Å². The molecular formula is C8H6BrN5. The number of aromatic nitrogens is 3. The molecule has 0 atom stereocenters. The molecule has 0 bridgehead atoms. The van der Waals surface area contributed by atoms with Crippen LogP contribution in [0.25, 0.3) is 5.65 Å². The van der Waals surface area contributed by atoms with Gasteiger partial charge in [-0.15, -0.1) is 0 Å². The van der Waals surface area contributed by atoms with Crippen molar-refractivity contribution in [3.63, 3.8) is 0 Å². The van der Waals surface area contributed by atoms with Crippen LogP contribution >= 0.6 is 15.9 Å². The SMILES string of the molecule is Cc1nc(Br)c2ncc(C#N)c(N)n12. The summed E-state index contributed by atoms with van der Waals surface area (Å²) in [6, 6.07) is 1.97. The highest BCUT2D eigenvalue weighted by Gasteiger charge is 2.11. The molecule has 2 N–H and O–H groups in total. The van der Waals surface area contributed by atoms with Crippen LogP contribution in [0.15, 0.2) is 10.8 Å². The molecule has 0 aliphatic rings. The van der Waals surface area contributed by atoms with Gasteiger partial charge in [-0.05, 0) is 22.9 Å². The Kier molecular flexibility index (Phi) is 1.89. The molecule has 0 fully saturated rings. The maximum absolute atomic E-state index is 8.76. The topological polar surface area (TPSA) is 80.0 Å². The number of rotatable bonds is 0. The number of halogens is 1. The van der Waals surface area contributed by atoms with E-state index >= 15 is 0 Å². The summed E-state index contributed by atoms with van der Waals surface area (Å²) in [7, 11) is 0. The largest absolute Gasteiger partial charge is 0.384 e. The molecule has 0 aromatic carbocycles. The van der Waals surface area contributed by atoms with E-state index < -0.39 is 0 Å². The van der Waals surface area contributed by atoms with Crippen molar-refractivity contribution in [1.82, 2.24) is 14.4 Å². The zero-order valence-corrected chi connectivity index (χ0v) is 8.91. The normalized spacial score (nSPS) is 10.4. The number of anilines is 1. The average Bonchev–Trinajstić information content (AvgIpc) is 2.44. The van der Waals surface area contributed by atoms with Crippen molar-refractivity contribution < 1.29 is 0 Å². The highest BCUT2D eigenvalue weighted by molar-refractivity contribution is 9.10. The number of aryl methyl sites for hydroxylation is 1. The summed E-state index contributed by atoms with van der Waals surface area (Å²) >= 11 is 3.27. The van der Waals surface area contributed by atoms with Gasteiger partial charge in [-0.3, -0.25) is 4.40 Å². The average molecular weight is 252 g/mol. The first-order valence-electron chi connectivity index (χ1n) is 3.84. The van der Waals surface area contributed by atoms with Crippen molar-refractivity contribution >= 4 is 27.4 Å². The van der Waals surface area contributed by atoms with Crippen molar-refractivity contribution in [2.45, 2.75) is 6.92 Å². The summed E-state index contributed by atoms with van der Waals surface area (Å²) in [6.07, 6.45) is 1.44. The second kappa shape index (κ2) is 2.96. The van der Waals surface area contributed by atoms with E-state index in [1.807, 2.05) is 6.07 Å². The molecular weight excluding hydrogens is 246 g/mol. The van der Waals surface area contributed by atoms with Crippen molar-refractivity contribution in [3.8, 4) is 6.07 Å². The Morgan fingerprint density at radius 1 is 1.64 bits per heavy atom. The molecule has 2 aromatic heterocycles. The maximum atomic E-state index is 8.76. The number of nitrogens with zero attached hydrogens (tertiary/aromatic N) is 4. The van der Waals surface area contributed by atoms with Crippen LogP contribution in [0.3, 0.4) is 0 Å². The van der Waals surface area contributed by atoms with E-state index in [9.17, 15) is 0 Å². The number of nitrogen functional groups attached to an aromatic ring is 1. The van der Waals surface area contributed by atoms with E-state index in [1.165, 1.54) is 6.20 Å². The van der Waals surface area contributed by atoms with Crippen LogP contribution in [0, 0.1) is 18.3 Å². The van der Waals surface area contributed by atoms with Gasteiger partial charge in [-0.2, -0.15) is 5.26 Å². The second-order valence-electron chi connectivity index (χ2n) is 2.78. The van der Waals surface area contributed by atoms with Gasteiger partial charge in [0.05, 0.1) is 6.20 Å². The quantitative estimate of drug-likeness (QED) is 0.765. The highest BCUT2D eigenvalue weighted by Crippen LogP contribution is 2.21. The molecule has 6 heteroatoms. The van der Waals surface area contributed by atoms with Crippen molar-refractivity contribution in [2.75, 3.05) is 5.73 Å². The van der Waals surface area contributed by atoms with E-state index in [1.54, 1.807) is 11.3 Å². The van der Waals surface area contributed by atoms with Crippen LogP contribution in [-0.4, -0.2) is 14.4 Å². The molecule has 70 valence electrons. The molecule has 2 rings (SSSR count). The van der Waals surface area contributed by atoms with Gasteiger partial charge in [0.1, 0.15) is 23.3 Å². The molecule has 0 saturated carbocycles. The predicted molar refractivity (Wildman–Crippen MR) is 54.6 cm³/mol. The fourth-order valence-electron chi connectivity index (χ4n) is 1.29. The van der Waals surface area contributed by atoms with Gasteiger partial charge in [0.25, 0.3) is 0 Å². The van der Waals surface area contributed by atoms with Gasteiger partial charge >= 0.3 is 0 Å². The third-order valence-electron chi connectivity index (χ3n) is 1.93. The molecule has 5 nitrogen and oxygen atoms in total. The van der Waals surface area contributed by atoms with E-state index in [-0.39, 0.29) is 0 Å². The maximum Gasteiger partial charge on any atom is 0.173 e. The molecule has 0 radical (unpaired) electrons. The van der Waals surface area contributed by atoms with E-state index in [2.05, 4.69) is 25.9 Å². The Labute approximate surface area is 88.3 Å². The fraction of sp³-hybridized carbons (Fsp3) is 0.125. The number of fused-ring (bicyclic) bond motifs is 1. The predicted octanol–water partition coefficient (Wildman–Crippen LogP) is 1.25. The smallest absolute Gasteiger partial charge is 0.173 e. The summed E-state index contributed by atoms with van der Waals surface area (Å²) < 4.78 is 2.27. The van der Waals surface area contributed by atoms with Crippen LogP contribution in [0.2, 0.25) is 0 Å². The van der Waals surface area contributed by atoms with Gasteiger partial charge in [0, 0.05) is 0 Å². The Balaban J connectivity index is 2.96.